The maximum atomic E-state index is 13.7. The minimum atomic E-state index is -0.562. The van der Waals surface area contributed by atoms with Gasteiger partial charge in [-0.2, -0.15) is 0 Å². The molecule has 3 aromatic carbocycles. The van der Waals surface area contributed by atoms with Crippen LogP contribution in [0.1, 0.15) is 50.8 Å². The Hall–Kier alpha value is -3.39. The predicted molar refractivity (Wildman–Crippen MR) is 141 cm³/mol. The summed E-state index contributed by atoms with van der Waals surface area (Å²) in [7, 11) is 0. The Balaban J connectivity index is 1.59. The van der Waals surface area contributed by atoms with E-state index < -0.39 is 12.0 Å². The lowest BCUT2D eigenvalue weighted by Crippen LogP contribution is -2.32. The second-order valence-electron chi connectivity index (χ2n) is 8.53. The van der Waals surface area contributed by atoms with Gasteiger partial charge in [0.05, 0.1) is 16.7 Å². The number of nitrogens with one attached hydrogen (secondary N) is 1. The molecule has 0 spiro atoms. The summed E-state index contributed by atoms with van der Waals surface area (Å²) >= 11 is 12.4. The number of nitrogens with zero attached hydrogens (tertiary/aromatic N) is 1. The number of ether oxygens (including phenoxy) is 1. The second kappa shape index (κ2) is 11.1. The van der Waals surface area contributed by atoms with Gasteiger partial charge in [-0.05, 0) is 73.9 Å². The molecule has 1 unspecified atom stereocenters. The van der Waals surface area contributed by atoms with Gasteiger partial charge in [-0.15, -0.1) is 0 Å². The molecule has 3 N–H and O–H groups in total. The zero-order chi connectivity index (χ0) is 25.8. The summed E-state index contributed by atoms with van der Waals surface area (Å²) in [4.78, 5) is 39.3. The molecule has 0 aliphatic carbocycles. The molecule has 9 heteroatoms. The highest BCUT2D eigenvalue weighted by Gasteiger charge is 2.29. The fourth-order valence-corrected chi connectivity index (χ4v) is 4.68. The molecule has 7 nitrogen and oxygen atoms in total. The minimum absolute atomic E-state index is 0.185. The SMILES string of the molecule is Cc1cc(NC(=O)c2ccccc2Cl)ccc1C(=O)N1CCCC(OCC(N)=O)c2cc(Cl)ccc21. The van der Waals surface area contributed by atoms with E-state index >= 15 is 0 Å². The van der Waals surface area contributed by atoms with Crippen LogP contribution in [-0.2, 0) is 9.53 Å². The number of anilines is 2. The van der Waals surface area contributed by atoms with Gasteiger partial charge < -0.3 is 20.7 Å². The van der Waals surface area contributed by atoms with Crippen molar-refractivity contribution >= 4 is 52.3 Å². The molecule has 1 atom stereocenters. The largest absolute Gasteiger partial charge is 0.368 e. The molecule has 186 valence electrons. The lowest BCUT2D eigenvalue weighted by atomic mass is 10.0. The Morgan fingerprint density at radius 3 is 2.56 bits per heavy atom. The molecule has 3 amide bonds. The van der Waals surface area contributed by atoms with Gasteiger partial charge in [0.15, 0.2) is 0 Å². The highest BCUT2D eigenvalue weighted by molar-refractivity contribution is 6.34. The molecule has 1 aliphatic rings. The van der Waals surface area contributed by atoms with E-state index in [-0.39, 0.29) is 18.4 Å². The van der Waals surface area contributed by atoms with Crippen LogP contribution in [0, 0.1) is 6.92 Å². The van der Waals surface area contributed by atoms with Gasteiger partial charge in [0.1, 0.15) is 6.61 Å². The third-order valence-electron chi connectivity index (χ3n) is 5.98. The summed E-state index contributed by atoms with van der Waals surface area (Å²) in [6.07, 6.45) is 0.857. The van der Waals surface area contributed by atoms with Crippen molar-refractivity contribution in [3.05, 3.63) is 93.0 Å². The van der Waals surface area contributed by atoms with Crippen LogP contribution in [-0.4, -0.2) is 30.9 Å². The Labute approximate surface area is 219 Å². The molecular weight excluding hydrogens is 501 g/mol. The van der Waals surface area contributed by atoms with E-state index in [4.69, 9.17) is 33.7 Å². The molecule has 1 heterocycles. The van der Waals surface area contributed by atoms with Gasteiger partial charge in [0.2, 0.25) is 5.91 Å². The van der Waals surface area contributed by atoms with Crippen LogP contribution in [0.3, 0.4) is 0 Å². The van der Waals surface area contributed by atoms with Gasteiger partial charge in [-0.1, -0.05) is 35.3 Å². The fourth-order valence-electron chi connectivity index (χ4n) is 4.28. The van der Waals surface area contributed by atoms with Gasteiger partial charge in [0, 0.05) is 34.1 Å². The van der Waals surface area contributed by atoms with Crippen LogP contribution in [0.25, 0.3) is 0 Å². The number of rotatable bonds is 6. The first-order valence-electron chi connectivity index (χ1n) is 11.4. The highest BCUT2D eigenvalue weighted by Crippen LogP contribution is 2.38. The van der Waals surface area contributed by atoms with Crippen molar-refractivity contribution in [1.29, 1.82) is 0 Å². The number of hydrogen-bond acceptors (Lipinski definition) is 4. The van der Waals surface area contributed by atoms with E-state index in [0.717, 1.165) is 5.56 Å². The molecule has 0 aromatic heterocycles. The summed E-state index contributed by atoms with van der Waals surface area (Å²) < 4.78 is 5.74. The molecule has 0 radical (unpaired) electrons. The highest BCUT2D eigenvalue weighted by atomic mass is 35.5. The number of fused-ring (bicyclic) bond motifs is 1. The molecule has 4 rings (SSSR count). The predicted octanol–water partition coefficient (Wildman–Crippen LogP) is 5.54. The molecule has 0 bridgehead atoms. The van der Waals surface area contributed by atoms with Crippen LogP contribution in [0.5, 0.6) is 0 Å². The van der Waals surface area contributed by atoms with Crippen LogP contribution < -0.4 is 16.0 Å². The number of primary amides is 1. The normalized spacial score (nSPS) is 15.1. The molecule has 1 aliphatic heterocycles. The van der Waals surface area contributed by atoms with Crippen LogP contribution in [0.4, 0.5) is 11.4 Å². The third-order valence-corrected chi connectivity index (χ3v) is 6.55. The lowest BCUT2D eigenvalue weighted by Gasteiger charge is -2.25. The number of nitrogens with two attached hydrogens (primary N) is 1. The van der Waals surface area contributed by atoms with Crippen LogP contribution >= 0.6 is 23.2 Å². The van der Waals surface area contributed by atoms with Gasteiger partial charge in [0.25, 0.3) is 11.8 Å². The maximum Gasteiger partial charge on any atom is 0.258 e. The number of amides is 3. The van der Waals surface area contributed by atoms with E-state index in [0.29, 0.717) is 57.5 Å². The first-order valence-corrected chi connectivity index (χ1v) is 12.2. The van der Waals surface area contributed by atoms with Crippen molar-refractivity contribution in [3.63, 3.8) is 0 Å². The Bertz CT molecular complexity index is 1330. The third kappa shape index (κ3) is 5.70. The number of halogens is 2. The van der Waals surface area contributed by atoms with E-state index in [9.17, 15) is 14.4 Å². The number of carbonyl (C=O) groups excluding carboxylic acids is 3. The standard InChI is InChI=1S/C27H25Cl2N3O4/c1-16-13-18(31-26(34)20-5-2-3-6-22(20)29)9-10-19(16)27(35)32-12-4-7-24(36-15-25(30)33)21-14-17(28)8-11-23(21)32/h2-3,5-6,8-11,13-14,24H,4,7,12,15H2,1H3,(H2,30,33)(H,31,34). The van der Waals surface area contributed by atoms with E-state index in [1.54, 1.807) is 65.6 Å². The molecule has 3 aromatic rings. The first-order chi connectivity index (χ1) is 17.2. The van der Waals surface area contributed by atoms with Crippen molar-refractivity contribution in [2.45, 2.75) is 25.9 Å². The van der Waals surface area contributed by atoms with Crippen molar-refractivity contribution in [1.82, 2.24) is 0 Å². The minimum Gasteiger partial charge on any atom is -0.368 e. The van der Waals surface area contributed by atoms with E-state index in [2.05, 4.69) is 5.32 Å². The van der Waals surface area contributed by atoms with E-state index in [1.807, 2.05) is 6.92 Å². The summed E-state index contributed by atoms with van der Waals surface area (Å²) in [5.41, 5.74) is 8.80. The quantitative estimate of drug-likeness (QED) is 0.441. The van der Waals surface area contributed by atoms with Crippen molar-refractivity contribution in [3.8, 4) is 0 Å². The van der Waals surface area contributed by atoms with Crippen molar-refractivity contribution in [2.75, 3.05) is 23.4 Å². The second-order valence-corrected chi connectivity index (χ2v) is 9.38. The Morgan fingerprint density at radius 2 is 1.83 bits per heavy atom. The first kappa shape index (κ1) is 25.7. The summed E-state index contributed by atoms with van der Waals surface area (Å²) in [6, 6.07) is 17.2. The zero-order valence-electron chi connectivity index (χ0n) is 19.6. The average molecular weight is 526 g/mol. The molecular formula is C27H25Cl2N3O4. The monoisotopic (exact) mass is 525 g/mol. The lowest BCUT2D eigenvalue weighted by molar-refractivity contribution is -0.124. The van der Waals surface area contributed by atoms with Gasteiger partial charge in [-0.3, -0.25) is 14.4 Å². The summed E-state index contributed by atoms with van der Waals surface area (Å²) in [5.74, 6) is -1.08. The van der Waals surface area contributed by atoms with Gasteiger partial charge >= 0.3 is 0 Å². The summed E-state index contributed by atoms with van der Waals surface area (Å²) in [5, 5.41) is 3.69. The number of carbonyl (C=O) groups is 3. The summed E-state index contributed by atoms with van der Waals surface area (Å²) in [6.45, 7) is 2.07. The topological polar surface area (TPSA) is 102 Å². The zero-order valence-corrected chi connectivity index (χ0v) is 21.1. The molecule has 0 fully saturated rings. The molecule has 36 heavy (non-hydrogen) atoms. The fraction of sp³-hybridized carbons (Fsp3) is 0.222. The van der Waals surface area contributed by atoms with Crippen molar-refractivity contribution < 1.29 is 19.1 Å². The van der Waals surface area contributed by atoms with Gasteiger partial charge in [-0.25, -0.2) is 0 Å². The van der Waals surface area contributed by atoms with Crippen LogP contribution in [0.2, 0.25) is 10.0 Å². The van der Waals surface area contributed by atoms with E-state index in [1.165, 1.54) is 0 Å². The van der Waals surface area contributed by atoms with Crippen molar-refractivity contribution in [2.24, 2.45) is 5.73 Å². The van der Waals surface area contributed by atoms with Crippen LogP contribution in [0.15, 0.2) is 60.7 Å². The Morgan fingerprint density at radius 1 is 1.06 bits per heavy atom. The number of hydrogen-bond donors (Lipinski definition) is 2. The number of aryl methyl sites for hydroxylation is 1. The Kier molecular flexibility index (Phi) is 7.94. The smallest absolute Gasteiger partial charge is 0.258 e. The molecule has 0 saturated carbocycles. The number of benzene rings is 3. The maximum absolute atomic E-state index is 13.7. The molecule has 0 saturated heterocycles. The average Bonchev–Trinajstić information content (AvgIpc) is 3.01.